The Morgan fingerprint density at radius 1 is 1.42 bits per heavy atom. The normalized spacial score (nSPS) is 11.0. The molecule has 1 aromatic carbocycles. The molecule has 5 heteroatoms. The lowest BCUT2D eigenvalue weighted by atomic mass is 10.0. The number of carbonyl (C=O) groups is 1. The Bertz CT molecular complexity index is 632. The van der Waals surface area contributed by atoms with Crippen molar-refractivity contribution in [1.29, 1.82) is 0 Å². The highest BCUT2D eigenvalue weighted by molar-refractivity contribution is 9.10. The molecule has 0 aliphatic heterocycles. The molecule has 0 bridgehead atoms. The largest absolute Gasteiger partial charge is 0.478 e. The van der Waals surface area contributed by atoms with Gasteiger partial charge in [-0.15, -0.1) is 0 Å². The van der Waals surface area contributed by atoms with Gasteiger partial charge in [0.25, 0.3) is 0 Å². The molecule has 1 aromatic heterocycles. The van der Waals surface area contributed by atoms with E-state index in [1.54, 1.807) is 10.9 Å². The van der Waals surface area contributed by atoms with E-state index in [-0.39, 0.29) is 11.6 Å². The van der Waals surface area contributed by atoms with Crippen LogP contribution in [-0.2, 0) is 0 Å². The molecule has 0 aliphatic carbocycles. The lowest BCUT2D eigenvalue weighted by molar-refractivity contribution is 0.0697. The van der Waals surface area contributed by atoms with Crippen LogP contribution in [0, 0.1) is 6.92 Å². The van der Waals surface area contributed by atoms with Gasteiger partial charge in [-0.3, -0.25) is 4.68 Å². The average molecular weight is 323 g/mol. The van der Waals surface area contributed by atoms with E-state index in [1.165, 1.54) is 0 Å². The summed E-state index contributed by atoms with van der Waals surface area (Å²) in [6.45, 7) is 5.88. The highest BCUT2D eigenvalue weighted by atomic mass is 79.9. The summed E-state index contributed by atoms with van der Waals surface area (Å²) in [6.07, 6.45) is 1.59. The number of hydrogen-bond donors (Lipinski definition) is 1. The smallest absolute Gasteiger partial charge is 0.339 e. The molecular formula is C14H15BrN2O2. The van der Waals surface area contributed by atoms with Gasteiger partial charge in [0.05, 0.1) is 0 Å². The van der Waals surface area contributed by atoms with Crippen LogP contribution in [0.3, 0.4) is 0 Å². The summed E-state index contributed by atoms with van der Waals surface area (Å²) in [4.78, 5) is 11.4. The van der Waals surface area contributed by atoms with Crippen LogP contribution in [0.4, 0.5) is 0 Å². The van der Waals surface area contributed by atoms with Gasteiger partial charge in [0.2, 0.25) is 0 Å². The molecule has 0 saturated heterocycles. The summed E-state index contributed by atoms with van der Waals surface area (Å²) in [5.74, 6) is -0.957. The summed E-state index contributed by atoms with van der Waals surface area (Å²) >= 11 is 3.41. The third kappa shape index (κ3) is 2.71. The van der Waals surface area contributed by atoms with Crippen LogP contribution >= 0.6 is 15.9 Å². The number of carboxylic acid groups (broad SMARTS) is 1. The third-order valence-electron chi connectivity index (χ3n) is 2.95. The molecule has 2 aromatic rings. The Kier molecular flexibility index (Phi) is 3.75. The first kappa shape index (κ1) is 13.8. The van der Waals surface area contributed by atoms with E-state index in [4.69, 9.17) is 0 Å². The monoisotopic (exact) mass is 322 g/mol. The Hall–Kier alpha value is -1.62. The van der Waals surface area contributed by atoms with Gasteiger partial charge in [0.1, 0.15) is 11.3 Å². The van der Waals surface area contributed by atoms with Crippen molar-refractivity contribution in [2.45, 2.75) is 26.8 Å². The minimum Gasteiger partial charge on any atom is -0.478 e. The second kappa shape index (κ2) is 5.17. The summed E-state index contributed by atoms with van der Waals surface area (Å²) in [6, 6.07) is 5.90. The molecule has 0 atom stereocenters. The molecule has 0 amide bonds. The van der Waals surface area contributed by atoms with Gasteiger partial charge >= 0.3 is 5.97 Å². The van der Waals surface area contributed by atoms with Crippen molar-refractivity contribution >= 4 is 21.9 Å². The lowest BCUT2D eigenvalue weighted by Gasteiger charge is -2.06. The summed E-state index contributed by atoms with van der Waals surface area (Å²) in [5.41, 5.74) is 2.58. The van der Waals surface area contributed by atoms with Crippen molar-refractivity contribution in [3.63, 3.8) is 0 Å². The quantitative estimate of drug-likeness (QED) is 0.932. The summed E-state index contributed by atoms with van der Waals surface area (Å²) in [5, 5.41) is 13.7. The molecule has 0 saturated carbocycles. The summed E-state index contributed by atoms with van der Waals surface area (Å²) < 4.78 is 2.59. The molecule has 4 nitrogen and oxygen atoms in total. The molecular weight excluding hydrogens is 308 g/mol. The number of aromatic nitrogens is 2. The first-order valence-electron chi connectivity index (χ1n) is 5.99. The van der Waals surface area contributed by atoms with Crippen molar-refractivity contribution in [2.75, 3.05) is 0 Å². The van der Waals surface area contributed by atoms with Crippen LogP contribution in [0.15, 0.2) is 28.9 Å². The third-order valence-corrected chi connectivity index (χ3v) is 3.44. The number of halogens is 1. The Morgan fingerprint density at radius 3 is 2.68 bits per heavy atom. The molecule has 0 unspecified atom stereocenters. The van der Waals surface area contributed by atoms with E-state index in [9.17, 15) is 9.90 Å². The van der Waals surface area contributed by atoms with Crippen LogP contribution in [0.25, 0.3) is 11.3 Å². The van der Waals surface area contributed by atoms with E-state index in [1.807, 2.05) is 39.0 Å². The van der Waals surface area contributed by atoms with E-state index in [0.29, 0.717) is 5.69 Å². The van der Waals surface area contributed by atoms with Crippen molar-refractivity contribution in [3.05, 3.63) is 40.0 Å². The number of hydrogen-bond acceptors (Lipinski definition) is 2. The maximum Gasteiger partial charge on any atom is 0.339 e. The topological polar surface area (TPSA) is 55.1 Å². The van der Waals surface area contributed by atoms with Crippen molar-refractivity contribution in [3.8, 4) is 11.3 Å². The highest BCUT2D eigenvalue weighted by Crippen LogP contribution is 2.29. The zero-order valence-corrected chi connectivity index (χ0v) is 12.6. The van der Waals surface area contributed by atoms with E-state index in [2.05, 4.69) is 21.0 Å². The zero-order valence-electron chi connectivity index (χ0n) is 11.0. The van der Waals surface area contributed by atoms with Crippen LogP contribution in [0.2, 0.25) is 0 Å². The number of aryl methyl sites for hydroxylation is 1. The van der Waals surface area contributed by atoms with E-state index < -0.39 is 5.97 Å². The van der Waals surface area contributed by atoms with Gasteiger partial charge in [0.15, 0.2) is 0 Å². The molecule has 100 valence electrons. The van der Waals surface area contributed by atoms with Gasteiger partial charge in [-0.2, -0.15) is 5.10 Å². The van der Waals surface area contributed by atoms with Gasteiger partial charge in [-0.05, 0) is 38.5 Å². The molecule has 0 radical (unpaired) electrons. The molecule has 2 rings (SSSR count). The lowest BCUT2D eigenvalue weighted by Crippen LogP contribution is -2.01. The fourth-order valence-corrected chi connectivity index (χ4v) is 2.22. The first-order valence-corrected chi connectivity index (χ1v) is 6.78. The standard InChI is InChI=1S/C14H15BrN2O2/c1-8(2)17-7-12(14(18)19)13(16-17)11-6-10(15)5-4-9(11)3/h4-8H,1-3H3,(H,18,19). The van der Waals surface area contributed by atoms with Gasteiger partial charge < -0.3 is 5.11 Å². The molecule has 0 spiro atoms. The zero-order chi connectivity index (χ0) is 14.2. The highest BCUT2D eigenvalue weighted by Gasteiger charge is 2.19. The van der Waals surface area contributed by atoms with Crippen molar-refractivity contribution in [1.82, 2.24) is 9.78 Å². The summed E-state index contributed by atoms with van der Waals surface area (Å²) in [7, 11) is 0. The predicted octanol–water partition coefficient (Wildman–Crippen LogP) is 3.90. The molecule has 0 fully saturated rings. The van der Waals surface area contributed by atoms with Crippen LogP contribution < -0.4 is 0 Å². The van der Waals surface area contributed by atoms with Crippen LogP contribution in [-0.4, -0.2) is 20.9 Å². The number of carboxylic acids is 1. The predicted molar refractivity (Wildman–Crippen MR) is 77.4 cm³/mol. The number of rotatable bonds is 3. The molecule has 19 heavy (non-hydrogen) atoms. The van der Waals surface area contributed by atoms with Crippen LogP contribution in [0.1, 0.15) is 35.8 Å². The van der Waals surface area contributed by atoms with Crippen LogP contribution in [0.5, 0.6) is 0 Å². The fourth-order valence-electron chi connectivity index (χ4n) is 1.86. The minimum absolute atomic E-state index is 0.124. The van der Waals surface area contributed by atoms with Gasteiger partial charge in [0, 0.05) is 22.3 Å². The Morgan fingerprint density at radius 2 is 2.11 bits per heavy atom. The average Bonchev–Trinajstić information content (AvgIpc) is 2.77. The Labute approximate surface area is 120 Å². The Balaban J connectivity index is 2.66. The molecule has 0 aliphatic rings. The fraction of sp³-hybridized carbons (Fsp3) is 0.286. The molecule has 1 heterocycles. The van der Waals surface area contributed by atoms with Gasteiger partial charge in [-0.25, -0.2) is 4.79 Å². The maximum atomic E-state index is 11.4. The molecule has 1 N–H and O–H groups in total. The van der Waals surface area contributed by atoms with E-state index in [0.717, 1.165) is 15.6 Å². The van der Waals surface area contributed by atoms with Crippen molar-refractivity contribution < 1.29 is 9.90 Å². The second-order valence-electron chi connectivity index (χ2n) is 4.73. The number of benzene rings is 1. The first-order chi connectivity index (χ1) is 8.90. The minimum atomic E-state index is -0.957. The van der Waals surface area contributed by atoms with E-state index >= 15 is 0 Å². The SMILES string of the molecule is Cc1ccc(Br)cc1-c1nn(C(C)C)cc1C(=O)O. The number of nitrogens with zero attached hydrogens (tertiary/aromatic N) is 2. The number of aromatic carboxylic acids is 1. The maximum absolute atomic E-state index is 11.4. The van der Waals surface area contributed by atoms with Gasteiger partial charge in [-0.1, -0.05) is 22.0 Å². The van der Waals surface area contributed by atoms with Crippen molar-refractivity contribution in [2.24, 2.45) is 0 Å². The second-order valence-corrected chi connectivity index (χ2v) is 5.65.